The second-order valence-electron chi connectivity index (χ2n) is 4.81. The SMILES string of the molecule is C[C@H](NCC[C@@H]1CCOC1)[C@@H]1CCCO1. The number of hydrogen-bond acceptors (Lipinski definition) is 3. The second-order valence-corrected chi connectivity index (χ2v) is 4.81. The van der Waals surface area contributed by atoms with Crippen LogP contribution < -0.4 is 5.32 Å². The van der Waals surface area contributed by atoms with Crippen LogP contribution >= 0.6 is 0 Å². The maximum Gasteiger partial charge on any atom is 0.0726 e. The first-order chi connectivity index (χ1) is 7.36. The summed E-state index contributed by atoms with van der Waals surface area (Å²) in [4.78, 5) is 0. The fourth-order valence-electron chi connectivity index (χ4n) is 2.45. The molecule has 0 aliphatic carbocycles. The van der Waals surface area contributed by atoms with E-state index < -0.39 is 0 Å². The van der Waals surface area contributed by atoms with Gasteiger partial charge in [-0.25, -0.2) is 0 Å². The van der Waals surface area contributed by atoms with Gasteiger partial charge < -0.3 is 14.8 Å². The zero-order chi connectivity index (χ0) is 10.5. The summed E-state index contributed by atoms with van der Waals surface area (Å²) in [6.07, 6.45) is 5.39. The molecule has 2 aliphatic rings. The van der Waals surface area contributed by atoms with Crippen molar-refractivity contribution in [2.24, 2.45) is 5.92 Å². The molecule has 0 saturated carbocycles. The molecule has 3 nitrogen and oxygen atoms in total. The fourth-order valence-corrected chi connectivity index (χ4v) is 2.45. The number of ether oxygens (including phenoxy) is 2. The molecule has 0 radical (unpaired) electrons. The van der Waals surface area contributed by atoms with Gasteiger partial charge in [0.1, 0.15) is 0 Å². The lowest BCUT2D eigenvalue weighted by Gasteiger charge is -2.20. The first-order valence-electron chi connectivity index (χ1n) is 6.29. The highest BCUT2D eigenvalue weighted by Crippen LogP contribution is 2.17. The van der Waals surface area contributed by atoms with Crippen molar-refractivity contribution in [3.05, 3.63) is 0 Å². The fraction of sp³-hybridized carbons (Fsp3) is 1.00. The van der Waals surface area contributed by atoms with Crippen LogP contribution in [0, 0.1) is 5.92 Å². The summed E-state index contributed by atoms with van der Waals surface area (Å²) in [6, 6.07) is 0.509. The number of hydrogen-bond donors (Lipinski definition) is 1. The average Bonchev–Trinajstić information content (AvgIpc) is 2.90. The third-order valence-corrected chi connectivity index (χ3v) is 3.57. The van der Waals surface area contributed by atoms with Gasteiger partial charge in [0.2, 0.25) is 0 Å². The lowest BCUT2D eigenvalue weighted by Crippen LogP contribution is -2.38. The van der Waals surface area contributed by atoms with E-state index in [1.165, 1.54) is 25.7 Å². The molecule has 2 rings (SSSR count). The Bertz CT molecular complexity index is 174. The van der Waals surface area contributed by atoms with Crippen LogP contribution in [0.1, 0.15) is 32.6 Å². The van der Waals surface area contributed by atoms with Crippen molar-refractivity contribution in [3.8, 4) is 0 Å². The van der Waals surface area contributed by atoms with Crippen LogP contribution in [0.4, 0.5) is 0 Å². The maximum absolute atomic E-state index is 5.65. The molecule has 0 amide bonds. The highest BCUT2D eigenvalue weighted by atomic mass is 16.5. The molecule has 1 N–H and O–H groups in total. The highest BCUT2D eigenvalue weighted by molar-refractivity contribution is 4.77. The summed E-state index contributed by atoms with van der Waals surface area (Å²) in [7, 11) is 0. The molecule has 3 heteroatoms. The minimum absolute atomic E-state index is 0.449. The molecular formula is C12H23NO2. The first-order valence-corrected chi connectivity index (χ1v) is 6.29. The van der Waals surface area contributed by atoms with E-state index in [4.69, 9.17) is 9.47 Å². The highest BCUT2D eigenvalue weighted by Gasteiger charge is 2.22. The van der Waals surface area contributed by atoms with Crippen LogP contribution in [-0.4, -0.2) is 38.5 Å². The van der Waals surface area contributed by atoms with E-state index in [0.29, 0.717) is 12.1 Å². The molecule has 0 aromatic rings. The predicted octanol–water partition coefficient (Wildman–Crippen LogP) is 1.57. The van der Waals surface area contributed by atoms with Gasteiger partial charge in [0.15, 0.2) is 0 Å². The van der Waals surface area contributed by atoms with Crippen LogP contribution in [0.3, 0.4) is 0 Å². The van der Waals surface area contributed by atoms with Crippen molar-refractivity contribution in [2.45, 2.75) is 44.8 Å². The first kappa shape index (κ1) is 11.4. The van der Waals surface area contributed by atoms with Crippen LogP contribution in [0.5, 0.6) is 0 Å². The van der Waals surface area contributed by atoms with E-state index in [0.717, 1.165) is 32.3 Å². The molecule has 2 heterocycles. The molecule has 2 saturated heterocycles. The molecule has 88 valence electrons. The van der Waals surface area contributed by atoms with Crippen molar-refractivity contribution in [2.75, 3.05) is 26.4 Å². The van der Waals surface area contributed by atoms with E-state index in [-0.39, 0.29) is 0 Å². The molecule has 2 aliphatic heterocycles. The van der Waals surface area contributed by atoms with Crippen molar-refractivity contribution in [3.63, 3.8) is 0 Å². The van der Waals surface area contributed by atoms with Gasteiger partial charge in [-0.15, -0.1) is 0 Å². The van der Waals surface area contributed by atoms with Crippen LogP contribution in [-0.2, 0) is 9.47 Å². The normalized spacial score (nSPS) is 33.4. The topological polar surface area (TPSA) is 30.5 Å². The summed E-state index contributed by atoms with van der Waals surface area (Å²) in [5, 5.41) is 3.57. The monoisotopic (exact) mass is 213 g/mol. The molecule has 3 atom stereocenters. The van der Waals surface area contributed by atoms with Gasteiger partial charge in [0, 0.05) is 25.9 Å². The van der Waals surface area contributed by atoms with Crippen LogP contribution in [0.25, 0.3) is 0 Å². The Balaban J connectivity index is 1.56. The van der Waals surface area contributed by atoms with Crippen molar-refractivity contribution >= 4 is 0 Å². The minimum atomic E-state index is 0.449. The summed E-state index contributed by atoms with van der Waals surface area (Å²) in [5.74, 6) is 0.786. The summed E-state index contributed by atoms with van der Waals surface area (Å²) in [6.45, 7) is 6.23. The van der Waals surface area contributed by atoms with E-state index in [9.17, 15) is 0 Å². The smallest absolute Gasteiger partial charge is 0.0726 e. The predicted molar refractivity (Wildman–Crippen MR) is 60.0 cm³/mol. The molecule has 15 heavy (non-hydrogen) atoms. The molecule has 0 unspecified atom stereocenters. The van der Waals surface area contributed by atoms with E-state index in [2.05, 4.69) is 12.2 Å². The molecule has 0 aromatic carbocycles. The zero-order valence-corrected chi connectivity index (χ0v) is 9.71. The molecule has 2 fully saturated rings. The third kappa shape index (κ3) is 3.44. The van der Waals surface area contributed by atoms with Gasteiger partial charge in [-0.05, 0) is 45.1 Å². The Kier molecular flexibility index (Phi) is 4.42. The molecule has 0 aromatic heterocycles. The lowest BCUT2D eigenvalue weighted by molar-refractivity contribution is 0.0831. The number of nitrogens with one attached hydrogen (secondary N) is 1. The molecule has 0 spiro atoms. The summed E-state index contributed by atoms with van der Waals surface area (Å²) < 4.78 is 11.0. The van der Waals surface area contributed by atoms with E-state index in [1.54, 1.807) is 0 Å². The molecular weight excluding hydrogens is 190 g/mol. The van der Waals surface area contributed by atoms with Gasteiger partial charge in [-0.3, -0.25) is 0 Å². The summed E-state index contributed by atoms with van der Waals surface area (Å²) in [5.41, 5.74) is 0. The Morgan fingerprint density at radius 2 is 2.27 bits per heavy atom. The largest absolute Gasteiger partial charge is 0.381 e. The standard InChI is InChI=1S/C12H23NO2/c1-10(12-3-2-7-15-12)13-6-4-11-5-8-14-9-11/h10-13H,2-9H2,1H3/t10-,11+,12-/m0/s1. The Labute approximate surface area is 92.5 Å². The Hall–Kier alpha value is -0.120. The van der Waals surface area contributed by atoms with Crippen LogP contribution in [0.15, 0.2) is 0 Å². The van der Waals surface area contributed by atoms with E-state index >= 15 is 0 Å². The third-order valence-electron chi connectivity index (χ3n) is 3.57. The van der Waals surface area contributed by atoms with Gasteiger partial charge >= 0.3 is 0 Å². The number of rotatable bonds is 5. The second kappa shape index (κ2) is 5.83. The van der Waals surface area contributed by atoms with Crippen molar-refractivity contribution < 1.29 is 9.47 Å². The average molecular weight is 213 g/mol. The van der Waals surface area contributed by atoms with Crippen molar-refractivity contribution in [1.29, 1.82) is 0 Å². The van der Waals surface area contributed by atoms with Gasteiger partial charge in [0.05, 0.1) is 6.10 Å². The Morgan fingerprint density at radius 3 is 2.93 bits per heavy atom. The molecule has 0 bridgehead atoms. The van der Waals surface area contributed by atoms with Gasteiger partial charge in [0.25, 0.3) is 0 Å². The minimum Gasteiger partial charge on any atom is -0.381 e. The van der Waals surface area contributed by atoms with Gasteiger partial charge in [-0.1, -0.05) is 0 Å². The quantitative estimate of drug-likeness (QED) is 0.752. The summed E-state index contributed by atoms with van der Waals surface area (Å²) >= 11 is 0. The lowest BCUT2D eigenvalue weighted by atomic mass is 10.0. The van der Waals surface area contributed by atoms with Crippen LogP contribution in [0.2, 0.25) is 0 Å². The maximum atomic E-state index is 5.65. The van der Waals surface area contributed by atoms with E-state index in [1.807, 2.05) is 0 Å². The Morgan fingerprint density at radius 1 is 1.33 bits per heavy atom. The van der Waals surface area contributed by atoms with Gasteiger partial charge in [-0.2, -0.15) is 0 Å². The zero-order valence-electron chi connectivity index (χ0n) is 9.71. The van der Waals surface area contributed by atoms with Crippen molar-refractivity contribution in [1.82, 2.24) is 5.32 Å².